The molecule has 1 aromatic carbocycles. The summed E-state index contributed by atoms with van der Waals surface area (Å²) in [5, 5.41) is 6.22. The van der Waals surface area contributed by atoms with E-state index in [4.69, 9.17) is 4.74 Å². The Morgan fingerprint density at radius 1 is 1.32 bits per heavy atom. The van der Waals surface area contributed by atoms with Crippen LogP contribution < -0.4 is 15.4 Å². The normalized spacial score (nSPS) is 10.3. The van der Waals surface area contributed by atoms with E-state index in [0.29, 0.717) is 17.9 Å². The average Bonchev–Trinajstić information content (AvgIpc) is 2.92. The Morgan fingerprint density at radius 3 is 2.77 bits per heavy atom. The van der Waals surface area contributed by atoms with Crippen molar-refractivity contribution >= 4 is 44.5 Å². The van der Waals surface area contributed by atoms with Gasteiger partial charge in [-0.1, -0.05) is 6.92 Å². The standard InChI is InChI=1S/C16H19BrN2O2S/c1-3-4-16(20)19-13-7-5-11(9-14(13)21-2)18-10-12-6-8-15(17)22-12/h5-9,18H,3-4,10H2,1-2H3,(H,19,20). The smallest absolute Gasteiger partial charge is 0.224 e. The Hall–Kier alpha value is -1.53. The molecule has 0 saturated heterocycles. The predicted octanol–water partition coefficient (Wildman–Crippen LogP) is 4.87. The quantitative estimate of drug-likeness (QED) is 0.717. The van der Waals surface area contributed by atoms with E-state index in [0.717, 1.165) is 22.4 Å². The molecule has 0 unspecified atom stereocenters. The van der Waals surface area contributed by atoms with E-state index in [1.807, 2.05) is 31.2 Å². The molecule has 0 atom stereocenters. The highest BCUT2D eigenvalue weighted by Crippen LogP contribution is 2.29. The second-order valence-corrected chi connectivity index (χ2v) is 7.32. The Labute approximate surface area is 143 Å². The minimum absolute atomic E-state index is 0.00458. The third-order valence-electron chi connectivity index (χ3n) is 3.05. The zero-order valence-corrected chi connectivity index (χ0v) is 15.0. The van der Waals surface area contributed by atoms with Crippen molar-refractivity contribution < 1.29 is 9.53 Å². The average molecular weight is 383 g/mol. The van der Waals surface area contributed by atoms with Gasteiger partial charge in [-0.05, 0) is 46.6 Å². The zero-order valence-electron chi connectivity index (χ0n) is 12.6. The molecule has 22 heavy (non-hydrogen) atoms. The van der Waals surface area contributed by atoms with Crippen LogP contribution in [0.5, 0.6) is 5.75 Å². The molecule has 0 spiro atoms. The number of anilines is 2. The number of hydrogen-bond acceptors (Lipinski definition) is 4. The van der Waals surface area contributed by atoms with Crippen molar-refractivity contribution in [1.29, 1.82) is 0 Å². The summed E-state index contributed by atoms with van der Waals surface area (Å²) in [5.74, 6) is 0.659. The van der Waals surface area contributed by atoms with Crippen LogP contribution in [0.15, 0.2) is 34.1 Å². The highest BCUT2D eigenvalue weighted by atomic mass is 79.9. The summed E-state index contributed by atoms with van der Waals surface area (Å²) >= 11 is 5.16. The molecule has 2 N–H and O–H groups in total. The Morgan fingerprint density at radius 2 is 2.14 bits per heavy atom. The summed E-state index contributed by atoms with van der Waals surface area (Å²) in [4.78, 5) is 12.9. The summed E-state index contributed by atoms with van der Waals surface area (Å²) in [6.07, 6.45) is 1.33. The first kappa shape index (κ1) is 16.8. The number of hydrogen-bond donors (Lipinski definition) is 2. The van der Waals surface area contributed by atoms with Gasteiger partial charge in [-0.25, -0.2) is 0 Å². The number of amides is 1. The van der Waals surface area contributed by atoms with Gasteiger partial charge in [-0.3, -0.25) is 4.79 Å². The number of methoxy groups -OCH3 is 1. The lowest BCUT2D eigenvalue weighted by atomic mass is 10.2. The molecule has 1 heterocycles. The lowest BCUT2D eigenvalue weighted by Crippen LogP contribution is -2.11. The second-order valence-electron chi connectivity index (χ2n) is 4.77. The highest BCUT2D eigenvalue weighted by molar-refractivity contribution is 9.11. The van der Waals surface area contributed by atoms with Gasteiger partial charge in [-0.2, -0.15) is 0 Å². The first-order valence-corrected chi connectivity index (χ1v) is 8.69. The number of carbonyl (C=O) groups excluding carboxylic acids is 1. The first-order valence-electron chi connectivity index (χ1n) is 7.08. The van der Waals surface area contributed by atoms with Crippen LogP contribution in [0, 0.1) is 0 Å². The van der Waals surface area contributed by atoms with Gasteiger partial charge in [0.15, 0.2) is 0 Å². The minimum atomic E-state index is 0.00458. The Bertz CT molecular complexity index is 643. The third kappa shape index (κ3) is 4.74. The molecule has 0 aliphatic heterocycles. The summed E-state index contributed by atoms with van der Waals surface area (Å²) in [5.41, 5.74) is 1.65. The van der Waals surface area contributed by atoms with E-state index in [1.165, 1.54) is 4.88 Å². The molecule has 0 aliphatic rings. The van der Waals surface area contributed by atoms with Crippen LogP contribution in [-0.4, -0.2) is 13.0 Å². The Balaban J connectivity index is 2.03. The number of halogens is 1. The molecule has 2 aromatic rings. The first-order chi connectivity index (χ1) is 10.6. The maximum Gasteiger partial charge on any atom is 0.224 e. The Kier molecular flexibility index (Phi) is 6.27. The number of rotatable bonds is 7. The van der Waals surface area contributed by atoms with Crippen molar-refractivity contribution in [3.05, 3.63) is 39.0 Å². The number of carbonyl (C=O) groups is 1. The van der Waals surface area contributed by atoms with Crippen LogP contribution in [0.2, 0.25) is 0 Å². The van der Waals surface area contributed by atoms with Gasteiger partial charge in [0.1, 0.15) is 5.75 Å². The van der Waals surface area contributed by atoms with E-state index < -0.39 is 0 Å². The molecule has 118 valence electrons. The summed E-state index contributed by atoms with van der Waals surface area (Å²) in [6.45, 7) is 2.73. The number of ether oxygens (including phenoxy) is 1. The van der Waals surface area contributed by atoms with Crippen molar-refractivity contribution in [3.63, 3.8) is 0 Å². The second kappa shape index (κ2) is 8.19. The summed E-state index contributed by atoms with van der Waals surface area (Å²) in [7, 11) is 1.60. The van der Waals surface area contributed by atoms with Crippen molar-refractivity contribution in [2.24, 2.45) is 0 Å². The maximum atomic E-state index is 11.7. The molecule has 2 rings (SSSR count). The molecular formula is C16H19BrN2O2S. The van der Waals surface area contributed by atoms with Gasteiger partial charge in [0, 0.05) is 29.6 Å². The molecule has 1 aromatic heterocycles. The molecular weight excluding hydrogens is 364 g/mol. The van der Waals surface area contributed by atoms with Gasteiger partial charge < -0.3 is 15.4 Å². The van der Waals surface area contributed by atoms with E-state index in [1.54, 1.807) is 18.4 Å². The summed E-state index contributed by atoms with van der Waals surface area (Å²) in [6, 6.07) is 9.81. The van der Waals surface area contributed by atoms with Gasteiger partial charge in [0.05, 0.1) is 16.6 Å². The van der Waals surface area contributed by atoms with Crippen LogP contribution in [0.3, 0.4) is 0 Å². The summed E-state index contributed by atoms with van der Waals surface area (Å²) < 4.78 is 6.48. The fourth-order valence-corrected chi connectivity index (χ4v) is 3.40. The molecule has 6 heteroatoms. The van der Waals surface area contributed by atoms with Gasteiger partial charge >= 0.3 is 0 Å². The largest absolute Gasteiger partial charge is 0.494 e. The van der Waals surface area contributed by atoms with Crippen molar-refractivity contribution in [2.75, 3.05) is 17.7 Å². The van der Waals surface area contributed by atoms with Crippen LogP contribution in [-0.2, 0) is 11.3 Å². The lowest BCUT2D eigenvalue weighted by molar-refractivity contribution is -0.116. The fourth-order valence-electron chi connectivity index (χ4n) is 1.98. The molecule has 1 amide bonds. The van der Waals surface area contributed by atoms with Crippen LogP contribution in [0.4, 0.5) is 11.4 Å². The van der Waals surface area contributed by atoms with E-state index in [9.17, 15) is 4.79 Å². The van der Waals surface area contributed by atoms with Gasteiger partial charge in [0.2, 0.25) is 5.91 Å². The zero-order chi connectivity index (χ0) is 15.9. The van der Waals surface area contributed by atoms with Crippen molar-refractivity contribution in [1.82, 2.24) is 0 Å². The molecule has 0 fully saturated rings. The third-order valence-corrected chi connectivity index (χ3v) is 4.67. The van der Waals surface area contributed by atoms with Gasteiger partial charge in [0.25, 0.3) is 0 Å². The highest BCUT2D eigenvalue weighted by Gasteiger charge is 2.08. The lowest BCUT2D eigenvalue weighted by Gasteiger charge is -2.12. The topological polar surface area (TPSA) is 50.4 Å². The van der Waals surface area contributed by atoms with E-state index >= 15 is 0 Å². The number of thiophene rings is 1. The monoisotopic (exact) mass is 382 g/mol. The number of benzene rings is 1. The predicted molar refractivity (Wildman–Crippen MR) is 95.9 cm³/mol. The fraction of sp³-hybridized carbons (Fsp3) is 0.312. The van der Waals surface area contributed by atoms with Gasteiger partial charge in [-0.15, -0.1) is 11.3 Å². The minimum Gasteiger partial charge on any atom is -0.494 e. The number of nitrogens with one attached hydrogen (secondary N) is 2. The van der Waals surface area contributed by atoms with E-state index in [-0.39, 0.29) is 5.91 Å². The van der Waals surface area contributed by atoms with Crippen LogP contribution >= 0.6 is 27.3 Å². The van der Waals surface area contributed by atoms with E-state index in [2.05, 4.69) is 32.6 Å². The SMILES string of the molecule is CCCC(=O)Nc1ccc(NCc2ccc(Br)s2)cc1OC. The van der Waals surface area contributed by atoms with Crippen LogP contribution in [0.25, 0.3) is 0 Å². The molecule has 4 nitrogen and oxygen atoms in total. The molecule has 0 bridgehead atoms. The molecule has 0 aliphatic carbocycles. The maximum absolute atomic E-state index is 11.7. The van der Waals surface area contributed by atoms with Crippen LogP contribution in [0.1, 0.15) is 24.6 Å². The molecule has 0 saturated carbocycles. The van der Waals surface area contributed by atoms with Crippen molar-refractivity contribution in [2.45, 2.75) is 26.3 Å². The molecule has 0 radical (unpaired) electrons. The van der Waals surface area contributed by atoms with Crippen molar-refractivity contribution in [3.8, 4) is 5.75 Å².